The van der Waals surface area contributed by atoms with Gasteiger partial charge in [-0.25, -0.2) is 8.42 Å². The Morgan fingerprint density at radius 1 is 0.808 bits per heavy atom. The minimum Gasteiger partial charge on any atom is -0.378 e. The van der Waals surface area contributed by atoms with Gasteiger partial charge in [0.25, 0.3) is 10.0 Å². The second kappa shape index (κ2) is 7.39. The van der Waals surface area contributed by atoms with Crippen molar-refractivity contribution in [2.45, 2.75) is 11.1 Å². The van der Waals surface area contributed by atoms with Crippen LogP contribution in [0.5, 0.6) is 0 Å². The highest BCUT2D eigenvalue weighted by Crippen LogP contribution is 2.25. The van der Waals surface area contributed by atoms with Crippen LogP contribution in [0.15, 0.2) is 64.9 Å². The Labute approximate surface area is 158 Å². The molecule has 1 heterocycles. The van der Waals surface area contributed by atoms with Crippen LogP contribution < -0.4 is 14.9 Å². The lowest BCUT2D eigenvalue weighted by Gasteiger charge is -2.13. The molecular weight excluding hydrogens is 366 g/mol. The highest BCUT2D eigenvalue weighted by molar-refractivity contribution is 7.94. The van der Waals surface area contributed by atoms with E-state index in [2.05, 4.69) is 10.0 Å². The van der Waals surface area contributed by atoms with E-state index in [9.17, 15) is 8.42 Å². The molecule has 7 heteroatoms. The maximum Gasteiger partial charge on any atom is 0.271 e. The van der Waals surface area contributed by atoms with Crippen molar-refractivity contribution in [2.24, 2.45) is 0 Å². The number of nitrogens with one attached hydrogen (secondary N) is 2. The Morgan fingerprint density at radius 2 is 1.35 bits per heavy atom. The number of sulfonamides is 1. The first-order valence-electron chi connectivity index (χ1n) is 8.07. The number of rotatable bonds is 6. The molecule has 0 saturated carbocycles. The van der Waals surface area contributed by atoms with Crippen LogP contribution in [0.1, 0.15) is 4.88 Å². The molecular formula is C19H21N3O2S2. The second-order valence-electron chi connectivity index (χ2n) is 6.11. The number of hydrogen-bond donors (Lipinski definition) is 2. The van der Waals surface area contributed by atoms with Gasteiger partial charge < -0.3 is 10.2 Å². The van der Waals surface area contributed by atoms with Crippen molar-refractivity contribution in [2.75, 3.05) is 29.0 Å². The molecule has 0 aliphatic heterocycles. The summed E-state index contributed by atoms with van der Waals surface area (Å²) in [5.74, 6) is 0. The molecule has 0 radical (unpaired) electrons. The Kier molecular flexibility index (Phi) is 5.20. The molecule has 5 nitrogen and oxygen atoms in total. The van der Waals surface area contributed by atoms with Gasteiger partial charge in [-0.05, 0) is 67.6 Å². The third kappa shape index (κ3) is 4.36. The van der Waals surface area contributed by atoms with Gasteiger partial charge in [0.2, 0.25) is 0 Å². The molecule has 0 atom stereocenters. The van der Waals surface area contributed by atoms with Crippen LogP contribution in [0.3, 0.4) is 0 Å². The molecule has 0 spiro atoms. The van der Waals surface area contributed by atoms with Gasteiger partial charge in [-0.15, -0.1) is 11.3 Å². The molecule has 0 aliphatic carbocycles. The summed E-state index contributed by atoms with van der Waals surface area (Å²) in [6.45, 7) is 1.88. The van der Waals surface area contributed by atoms with Crippen molar-refractivity contribution in [3.63, 3.8) is 0 Å². The van der Waals surface area contributed by atoms with Crippen LogP contribution in [-0.4, -0.2) is 22.5 Å². The normalized spacial score (nSPS) is 11.2. The standard InChI is InChI=1S/C19H21N3O2S2/c1-14-4-13-19(25-14)26(23,24)21-17-7-5-15(6-8-17)20-16-9-11-18(12-10-16)22(2)3/h4-13,20-21H,1-3H3. The summed E-state index contributed by atoms with van der Waals surface area (Å²) in [5, 5.41) is 3.30. The summed E-state index contributed by atoms with van der Waals surface area (Å²) < 4.78 is 27.6. The van der Waals surface area contributed by atoms with Crippen molar-refractivity contribution >= 4 is 44.1 Å². The summed E-state index contributed by atoms with van der Waals surface area (Å²) >= 11 is 1.26. The molecule has 0 saturated heterocycles. The van der Waals surface area contributed by atoms with Crippen LogP contribution in [0, 0.1) is 6.92 Å². The first-order valence-corrected chi connectivity index (χ1v) is 10.4. The van der Waals surface area contributed by atoms with Crippen molar-refractivity contribution in [3.05, 3.63) is 65.5 Å². The number of aryl methyl sites for hydroxylation is 1. The van der Waals surface area contributed by atoms with Crippen molar-refractivity contribution in [3.8, 4) is 0 Å². The number of thiophene rings is 1. The monoisotopic (exact) mass is 387 g/mol. The summed E-state index contributed by atoms with van der Waals surface area (Å²) in [5.41, 5.74) is 3.52. The number of benzene rings is 2. The number of anilines is 4. The molecule has 0 bridgehead atoms. The smallest absolute Gasteiger partial charge is 0.271 e. The number of hydrogen-bond acceptors (Lipinski definition) is 5. The van der Waals surface area contributed by atoms with Gasteiger partial charge in [0.05, 0.1) is 0 Å². The fourth-order valence-corrected chi connectivity index (χ4v) is 4.74. The van der Waals surface area contributed by atoms with E-state index in [1.807, 2.05) is 62.3 Å². The maximum absolute atomic E-state index is 12.4. The highest BCUT2D eigenvalue weighted by atomic mass is 32.2. The SMILES string of the molecule is Cc1ccc(S(=O)(=O)Nc2ccc(Nc3ccc(N(C)C)cc3)cc2)s1. The predicted molar refractivity (Wildman–Crippen MR) is 110 cm³/mol. The Bertz CT molecular complexity index is 976. The highest BCUT2D eigenvalue weighted by Gasteiger charge is 2.16. The summed E-state index contributed by atoms with van der Waals surface area (Å²) in [7, 11) is 0.466. The lowest BCUT2D eigenvalue weighted by atomic mass is 10.2. The van der Waals surface area contributed by atoms with Gasteiger partial charge in [0.1, 0.15) is 4.21 Å². The average molecular weight is 388 g/mol. The molecule has 0 aliphatic rings. The van der Waals surface area contributed by atoms with E-state index in [1.54, 1.807) is 24.3 Å². The van der Waals surface area contributed by atoms with Gasteiger partial charge >= 0.3 is 0 Å². The molecule has 0 fully saturated rings. The lowest BCUT2D eigenvalue weighted by molar-refractivity contribution is 0.603. The van der Waals surface area contributed by atoms with Crippen LogP contribution in [0.25, 0.3) is 0 Å². The molecule has 3 rings (SSSR count). The van der Waals surface area contributed by atoms with Gasteiger partial charge in [0.15, 0.2) is 0 Å². The van der Waals surface area contributed by atoms with Gasteiger partial charge in [-0.2, -0.15) is 0 Å². The van der Waals surface area contributed by atoms with E-state index in [0.717, 1.165) is 21.9 Å². The molecule has 2 N–H and O–H groups in total. The molecule has 136 valence electrons. The fraction of sp³-hybridized carbons (Fsp3) is 0.158. The summed E-state index contributed by atoms with van der Waals surface area (Å²) in [6, 6.07) is 18.7. The second-order valence-corrected chi connectivity index (χ2v) is 9.31. The van der Waals surface area contributed by atoms with Crippen molar-refractivity contribution in [1.82, 2.24) is 0 Å². The molecule has 2 aromatic carbocycles. The Morgan fingerprint density at radius 3 is 1.85 bits per heavy atom. The minimum atomic E-state index is -3.53. The molecule has 0 amide bonds. The van der Waals surface area contributed by atoms with E-state index < -0.39 is 10.0 Å². The average Bonchev–Trinajstić information content (AvgIpc) is 3.04. The Hall–Kier alpha value is -2.51. The first kappa shape index (κ1) is 18.3. The van der Waals surface area contributed by atoms with E-state index in [0.29, 0.717) is 9.90 Å². The van der Waals surface area contributed by atoms with E-state index >= 15 is 0 Å². The molecule has 1 aromatic heterocycles. The third-order valence-corrected chi connectivity index (χ3v) is 6.66. The summed E-state index contributed by atoms with van der Waals surface area (Å²) in [4.78, 5) is 3.00. The van der Waals surface area contributed by atoms with Gasteiger partial charge in [-0.3, -0.25) is 4.72 Å². The minimum absolute atomic E-state index is 0.318. The Balaban J connectivity index is 1.68. The topological polar surface area (TPSA) is 61.4 Å². The van der Waals surface area contributed by atoms with Crippen molar-refractivity contribution < 1.29 is 8.42 Å². The number of nitrogens with zero attached hydrogens (tertiary/aromatic N) is 1. The van der Waals surface area contributed by atoms with Crippen LogP contribution in [0.2, 0.25) is 0 Å². The molecule has 3 aromatic rings. The fourth-order valence-electron chi connectivity index (χ4n) is 2.39. The molecule has 0 unspecified atom stereocenters. The zero-order chi connectivity index (χ0) is 18.7. The van der Waals surface area contributed by atoms with E-state index in [1.165, 1.54) is 11.3 Å². The van der Waals surface area contributed by atoms with Crippen LogP contribution >= 0.6 is 11.3 Å². The third-order valence-electron chi connectivity index (χ3n) is 3.79. The van der Waals surface area contributed by atoms with Gasteiger partial charge in [0, 0.05) is 41.7 Å². The largest absolute Gasteiger partial charge is 0.378 e. The predicted octanol–water partition coefficient (Wildman–Crippen LogP) is 4.67. The maximum atomic E-state index is 12.4. The zero-order valence-corrected chi connectivity index (χ0v) is 16.5. The van der Waals surface area contributed by atoms with Crippen molar-refractivity contribution in [1.29, 1.82) is 0 Å². The molecule has 26 heavy (non-hydrogen) atoms. The van der Waals surface area contributed by atoms with Crippen LogP contribution in [-0.2, 0) is 10.0 Å². The quantitative estimate of drug-likeness (QED) is 0.645. The van der Waals surface area contributed by atoms with Crippen LogP contribution in [0.4, 0.5) is 22.7 Å². The van der Waals surface area contributed by atoms with E-state index in [4.69, 9.17) is 0 Å². The lowest BCUT2D eigenvalue weighted by Crippen LogP contribution is -2.11. The zero-order valence-electron chi connectivity index (χ0n) is 14.9. The van der Waals surface area contributed by atoms with E-state index in [-0.39, 0.29) is 0 Å². The summed E-state index contributed by atoms with van der Waals surface area (Å²) in [6.07, 6.45) is 0. The van der Waals surface area contributed by atoms with Gasteiger partial charge in [-0.1, -0.05) is 0 Å². The first-order chi connectivity index (χ1) is 12.3.